The highest BCUT2D eigenvalue weighted by molar-refractivity contribution is 7.91. The summed E-state index contributed by atoms with van der Waals surface area (Å²) < 4.78 is 98.2. The van der Waals surface area contributed by atoms with Gasteiger partial charge in [0.15, 0.2) is 9.84 Å². The van der Waals surface area contributed by atoms with Crippen LogP contribution in [-0.4, -0.2) is 46.9 Å². The minimum atomic E-state index is -4.31. The molecule has 0 radical (unpaired) electrons. The van der Waals surface area contributed by atoms with E-state index < -0.39 is 75.6 Å². The van der Waals surface area contributed by atoms with E-state index in [1.54, 1.807) is 0 Å². The van der Waals surface area contributed by atoms with Crippen molar-refractivity contribution in [3.63, 3.8) is 0 Å². The van der Waals surface area contributed by atoms with Crippen LogP contribution in [0.15, 0.2) is 26.2 Å². The van der Waals surface area contributed by atoms with Gasteiger partial charge in [0, 0.05) is 11.5 Å². The fourth-order valence-corrected chi connectivity index (χ4v) is 5.33. The van der Waals surface area contributed by atoms with Crippen LogP contribution in [-0.2, 0) is 16.4 Å². The zero-order valence-corrected chi connectivity index (χ0v) is 16.5. The number of hydrogen-bond donors (Lipinski definition) is 0. The Hall–Kier alpha value is -2.77. The Morgan fingerprint density at radius 1 is 1.16 bits per heavy atom. The fourth-order valence-electron chi connectivity index (χ4n) is 3.36. The summed E-state index contributed by atoms with van der Waals surface area (Å²) in [6.07, 6.45) is -2.47. The van der Waals surface area contributed by atoms with Crippen molar-refractivity contribution in [2.75, 3.05) is 19.1 Å². The summed E-state index contributed by atoms with van der Waals surface area (Å²) >= 11 is 0. The van der Waals surface area contributed by atoms with Crippen molar-refractivity contribution in [2.24, 2.45) is 5.41 Å². The van der Waals surface area contributed by atoms with E-state index in [0.717, 1.165) is 16.7 Å². The molecular formula is C17H15F5N4O4S. The summed E-state index contributed by atoms with van der Waals surface area (Å²) in [5.41, 5.74) is -2.57. The number of aryl methyl sites for hydroxylation is 1. The van der Waals surface area contributed by atoms with Gasteiger partial charge in [0.25, 0.3) is 5.89 Å². The van der Waals surface area contributed by atoms with Gasteiger partial charge in [-0.05, 0) is 18.9 Å². The normalized spacial score (nSPS) is 15.8. The molecule has 1 saturated carbocycles. The largest absolute Gasteiger partial charge is 0.401 e. The number of alkyl halides is 4. The van der Waals surface area contributed by atoms with Gasteiger partial charge in [-0.15, -0.1) is 5.10 Å². The SMILES string of the molecule is O=c1n(CCF)c2cc(F)c(S(=O)(=O)CC3(CF)CC3)cc2n1-c1nnc(C(F)F)o1. The van der Waals surface area contributed by atoms with Crippen LogP contribution in [0.3, 0.4) is 0 Å². The first kappa shape index (κ1) is 21.5. The van der Waals surface area contributed by atoms with Gasteiger partial charge in [0.2, 0.25) is 0 Å². The molecule has 8 nitrogen and oxygen atoms in total. The molecule has 1 aliphatic carbocycles. The zero-order valence-electron chi connectivity index (χ0n) is 15.7. The molecule has 0 amide bonds. The summed E-state index contributed by atoms with van der Waals surface area (Å²) in [5, 5.41) is 6.46. The van der Waals surface area contributed by atoms with Crippen LogP contribution < -0.4 is 5.69 Å². The van der Waals surface area contributed by atoms with Crippen molar-refractivity contribution >= 4 is 20.9 Å². The third kappa shape index (κ3) is 3.62. The average molecular weight is 466 g/mol. The lowest BCUT2D eigenvalue weighted by atomic mass is 10.2. The van der Waals surface area contributed by atoms with Crippen molar-refractivity contribution < 1.29 is 34.8 Å². The minimum Gasteiger partial charge on any atom is -0.401 e. The molecule has 168 valence electrons. The Labute approximate surface area is 171 Å². The van der Waals surface area contributed by atoms with Gasteiger partial charge >= 0.3 is 18.1 Å². The van der Waals surface area contributed by atoms with E-state index in [4.69, 9.17) is 4.42 Å². The van der Waals surface area contributed by atoms with Crippen LogP contribution in [0.4, 0.5) is 22.0 Å². The first-order valence-corrected chi connectivity index (χ1v) is 10.7. The Bertz CT molecular complexity index is 1310. The van der Waals surface area contributed by atoms with E-state index in [1.165, 1.54) is 0 Å². The summed E-state index contributed by atoms with van der Waals surface area (Å²) in [5.74, 6) is -2.95. The predicted molar refractivity (Wildman–Crippen MR) is 96.0 cm³/mol. The molecule has 4 rings (SSSR count). The van der Waals surface area contributed by atoms with E-state index in [0.29, 0.717) is 17.4 Å². The quantitative estimate of drug-likeness (QED) is 0.474. The number of rotatable bonds is 8. The number of fused-ring (bicyclic) bond motifs is 1. The maximum Gasteiger partial charge on any atom is 0.337 e. The monoisotopic (exact) mass is 466 g/mol. The Morgan fingerprint density at radius 3 is 2.42 bits per heavy atom. The molecule has 31 heavy (non-hydrogen) atoms. The second-order valence-electron chi connectivity index (χ2n) is 7.35. The molecule has 14 heteroatoms. The number of imidazole rings is 1. The molecule has 1 fully saturated rings. The van der Waals surface area contributed by atoms with Crippen LogP contribution in [0, 0.1) is 11.2 Å². The molecule has 0 atom stereocenters. The second kappa shape index (κ2) is 7.43. The highest BCUT2D eigenvalue weighted by Gasteiger charge is 2.47. The van der Waals surface area contributed by atoms with Gasteiger partial charge in [0.1, 0.15) is 17.4 Å². The lowest BCUT2D eigenvalue weighted by Crippen LogP contribution is -2.24. The van der Waals surface area contributed by atoms with E-state index in [2.05, 4.69) is 10.2 Å². The van der Waals surface area contributed by atoms with Gasteiger partial charge in [-0.25, -0.2) is 26.6 Å². The van der Waals surface area contributed by atoms with Crippen LogP contribution in [0.5, 0.6) is 0 Å². The van der Waals surface area contributed by atoms with Gasteiger partial charge in [-0.2, -0.15) is 8.78 Å². The highest BCUT2D eigenvalue weighted by atomic mass is 32.2. The molecule has 0 aliphatic heterocycles. The predicted octanol–water partition coefficient (Wildman–Crippen LogP) is 2.74. The third-order valence-electron chi connectivity index (χ3n) is 5.17. The number of benzene rings is 1. The third-order valence-corrected chi connectivity index (χ3v) is 7.15. The summed E-state index contributed by atoms with van der Waals surface area (Å²) in [6.45, 7) is -2.42. The smallest absolute Gasteiger partial charge is 0.337 e. The highest BCUT2D eigenvalue weighted by Crippen LogP contribution is 2.48. The van der Waals surface area contributed by atoms with Gasteiger partial charge in [0.05, 0.1) is 30.0 Å². The number of aromatic nitrogens is 4. The lowest BCUT2D eigenvalue weighted by Gasteiger charge is -2.12. The number of hydrogen-bond acceptors (Lipinski definition) is 6. The molecule has 0 N–H and O–H groups in total. The van der Waals surface area contributed by atoms with Crippen LogP contribution >= 0.6 is 0 Å². The maximum absolute atomic E-state index is 14.7. The van der Waals surface area contributed by atoms with Gasteiger partial charge in [-0.3, -0.25) is 8.96 Å². The van der Waals surface area contributed by atoms with E-state index in [1.807, 2.05) is 0 Å². The molecule has 2 aromatic heterocycles. The van der Waals surface area contributed by atoms with Crippen LogP contribution in [0.25, 0.3) is 17.0 Å². The van der Waals surface area contributed by atoms with E-state index >= 15 is 0 Å². The molecule has 1 aliphatic rings. The van der Waals surface area contributed by atoms with Crippen molar-refractivity contribution in [3.05, 3.63) is 34.3 Å². The number of sulfone groups is 1. The van der Waals surface area contributed by atoms with Crippen LogP contribution in [0.1, 0.15) is 25.2 Å². The van der Waals surface area contributed by atoms with Crippen LogP contribution in [0.2, 0.25) is 0 Å². The zero-order chi connectivity index (χ0) is 22.6. The van der Waals surface area contributed by atoms with Gasteiger partial charge in [-0.1, -0.05) is 5.10 Å². The molecule has 2 heterocycles. The standard InChI is InChI=1S/C17H15F5N4O4S/c18-3-4-25-10-5-9(20)12(31(28,29)8-17(7-19)1-2-17)6-11(10)26(16(25)27)15-24-23-14(30-15)13(21)22/h5-6,13H,1-4,7-8H2. The molecular weight excluding hydrogens is 451 g/mol. The fraction of sp³-hybridized carbons (Fsp3) is 0.471. The molecule has 3 aromatic rings. The summed E-state index contributed by atoms with van der Waals surface area (Å²) in [7, 11) is -4.31. The average Bonchev–Trinajstić information content (AvgIpc) is 3.19. The lowest BCUT2D eigenvalue weighted by molar-refractivity contribution is 0.115. The van der Waals surface area contributed by atoms with Crippen molar-refractivity contribution in [3.8, 4) is 6.01 Å². The Kier molecular flexibility index (Phi) is 5.14. The van der Waals surface area contributed by atoms with Gasteiger partial charge < -0.3 is 4.42 Å². The first-order valence-electron chi connectivity index (χ1n) is 9.04. The van der Waals surface area contributed by atoms with E-state index in [9.17, 15) is 35.2 Å². The van der Waals surface area contributed by atoms with Crippen molar-refractivity contribution in [1.82, 2.24) is 19.3 Å². The number of halogens is 5. The van der Waals surface area contributed by atoms with Crippen molar-refractivity contribution in [2.45, 2.75) is 30.7 Å². The second-order valence-corrected chi connectivity index (χ2v) is 9.30. The maximum atomic E-state index is 14.7. The Morgan fingerprint density at radius 2 is 1.87 bits per heavy atom. The Balaban J connectivity index is 1.94. The molecule has 0 unspecified atom stereocenters. The minimum absolute atomic E-state index is 0.206. The van der Waals surface area contributed by atoms with Crippen molar-refractivity contribution in [1.29, 1.82) is 0 Å². The summed E-state index contributed by atoms with van der Waals surface area (Å²) in [6, 6.07) is 0.798. The molecule has 0 spiro atoms. The molecule has 0 bridgehead atoms. The molecule has 1 aromatic carbocycles. The first-order chi connectivity index (χ1) is 14.6. The number of nitrogens with zero attached hydrogens (tertiary/aromatic N) is 4. The van der Waals surface area contributed by atoms with E-state index in [-0.39, 0.29) is 11.0 Å². The topological polar surface area (TPSA) is 100.0 Å². The molecule has 0 saturated heterocycles. The summed E-state index contributed by atoms with van der Waals surface area (Å²) in [4.78, 5) is 11.9.